The summed E-state index contributed by atoms with van der Waals surface area (Å²) >= 11 is 0. The van der Waals surface area contributed by atoms with E-state index < -0.39 is 0 Å². The van der Waals surface area contributed by atoms with Crippen LogP contribution in [0.5, 0.6) is 0 Å². The molecule has 1 aliphatic rings. The van der Waals surface area contributed by atoms with Crippen molar-refractivity contribution >= 4 is 5.78 Å². The van der Waals surface area contributed by atoms with Crippen LogP contribution in [0.15, 0.2) is 0 Å². The molecule has 0 heterocycles. The highest BCUT2D eigenvalue weighted by Gasteiger charge is 2.36. The summed E-state index contributed by atoms with van der Waals surface area (Å²) in [4.78, 5) is 11.8. The number of hydrogen-bond acceptors (Lipinski definition) is 2. The van der Waals surface area contributed by atoms with Crippen molar-refractivity contribution in [2.75, 3.05) is 6.54 Å². The van der Waals surface area contributed by atoms with E-state index in [2.05, 4.69) is 19.2 Å². The van der Waals surface area contributed by atoms with Gasteiger partial charge in [-0.3, -0.25) is 4.79 Å². The van der Waals surface area contributed by atoms with Crippen molar-refractivity contribution in [1.29, 1.82) is 0 Å². The Morgan fingerprint density at radius 3 is 2.69 bits per heavy atom. The quantitative estimate of drug-likeness (QED) is 0.724. The lowest BCUT2D eigenvalue weighted by Gasteiger charge is -2.35. The minimum atomic E-state index is -0.158. The fourth-order valence-corrected chi connectivity index (χ4v) is 2.14. The van der Waals surface area contributed by atoms with Gasteiger partial charge < -0.3 is 5.32 Å². The van der Waals surface area contributed by atoms with Crippen molar-refractivity contribution in [3.05, 3.63) is 0 Å². The van der Waals surface area contributed by atoms with E-state index in [1.54, 1.807) is 0 Å². The van der Waals surface area contributed by atoms with Crippen LogP contribution in [0.1, 0.15) is 52.4 Å². The number of Topliss-reactive ketones (excluding diaryl/α,β-unsaturated/α-hetero) is 1. The molecule has 2 heteroatoms. The van der Waals surface area contributed by atoms with Gasteiger partial charge >= 0.3 is 0 Å². The van der Waals surface area contributed by atoms with Gasteiger partial charge in [-0.1, -0.05) is 20.3 Å². The van der Waals surface area contributed by atoms with Crippen molar-refractivity contribution in [1.82, 2.24) is 5.32 Å². The Balaban J connectivity index is 2.59. The van der Waals surface area contributed by atoms with Crippen LogP contribution in [0, 0.1) is 0 Å². The molecular formula is C11H21NO. The van der Waals surface area contributed by atoms with E-state index in [0.29, 0.717) is 5.78 Å². The fourth-order valence-electron chi connectivity index (χ4n) is 2.14. The van der Waals surface area contributed by atoms with Crippen molar-refractivity contribution in [3.8, 4) is 0 Å². The second-order valence-electron chi connectivity index (χ2n) is 3.99. The summed E-state index contributed by atoms with van der Waals surface area (Å²) in [7, 11) is 0. The number of carbonyl (C=O) groups is 1. The van der Waals surface area contributed by atoms with Gasteiger partial charge in [-0.15, -0.1) is 0 Å². The third-order valence-electron chi connectivity index (χ3n) is 3.11. The van der Waals surface area contributed by atoms with Crippen molar-refractivity contribution < 1.29 is 4.79 Å². The molecule has 0 aromatic rings. The molecule has 1 aliphatic carbocycles. The molecule has 0 amide bonds. The summed E-state index contributed by atoms with van der Waals surface area (Å²) in [6.45, 7) is 5.23. The molecule has 0 aromatic carbocycles. The van der Waals surface area contributed by atoms with E-state index >= 15 is 0 Å². The summed E-state index contributed by atoms with van der Waals surface area (Å²) < 4.78 is 0. The van der Waals surface area contributed by atoms with E-state index in [1.807, 2.05) is 0 Å². The van der Waals surface area contributed by atoms with E-state index in [4.69, 9.17) is 0 Å². The van der Waals surface area contributed by atoms with Crippen LogP contribution in [-0.4, -0.2) is 17.9 Å². The second kappa shape index (κ2) is 4.75. The SMILES string of the molecule is CCCN[C@@]1(CC)CCCCC1=O. The molecule has 0 unspecified atom stereocenters. The molecule has 0 bridgehead atoms. The van der Waals surface area contributed by atoms with Crippen LogP contribution in [0.3, 0.4) is 0 Å². The maximum absolute atomic E-state index is 11.8. The zero-order chi connectivity index (χ0) is 9.73. The monoisotopic (exact) mass is 183 g/mol. The van der Waals surface area contributed by atoms with Gasteiger partial charge in [0.2, 0.25) is 0 Å². The number of rotatable bonds is 4. The first kappa shape index (κ1) is 10.7. The highest BCUT2D eigenvalue weighted by molar-refractivity contribution is 5.89. The van der Waals surface area contributed by atoms with Crippen molar-refractivity contribution in [2.45, 2.75) is 57.9 Å². The third kappa shape index (κ3) is 2.31. The van der Waals surface area contributed by atoms with Crippen LogP contribution >= 0.6 is 0 Å². The molecule has 1 rings (SSSR count). The predicted octanol–water partition coefficient (Wildman–Crippen LogP) is 2.28. The molecular weight excluding hydrogens is 162 g/mol. The molecule has 1 fully saturated rings. The van der Waals surface area contributed by atoms with Gasteiger partial charge in [0.15, 0.2) is 5.78 Å². The smallest absolute Gasteiger partial charge is 0.152 e. The number of carbonyl (C=O) groups excluding carboxylic acids is 1. The molecule has 0 spiro atoms. The molecule has 76 valence electrons. The molecule has 1 N–H and O–H groups in total. The first-order chi connectivity index (χ1) is 6.25. The van der Waals surface area contributed by atoms with Crippen molar-refractivity contribution in [3.63, 3.8) is 0 Å². The van der Waals surface area contributed by atoms with Crippen LogP contribution in [0.25, 0.3) is 0 Å². The Morgan fingerprint density at radius 1 is 1.38 bits per heavy atom. The van der Waals surface area contributed by atoms with E-state index in [9.17, 15) is 4.79 Å². The molecule has 13 heavy (non-hydrogen) atoms. The number of ketones is 1. The minimum absolute atomic E-state index is 0.158. The van der Waals surface area contributed by atoms with Gasteiger partial charge in [-0.25, -0.2) is 0 Å². The largest absolute Gasteiger partial charge is 0.305 e. The molecule has 0 radical (unpaired) electrons. The van der Waals surface area contributed by atoms with Crippen LogP contribution < -0.4 is 5.32 Å². The lowest BCUT2D eigenvalue weighted by molar-refractivity contribution is -0.127. The van der Waals surface area contributed by atoms with Crippen LogP contribution in [-0.2, 0) is 4.79 Å². The average Bonchev–Trinajstić information content (AvgIpc) is 2.17. The topological polar surface area (TPSA) is 29.1 Å². The second-order valence-corrected chi connectivity index (χ2v) is 3.99. The predicted molar refractivity (Wildman–Crippen MR) is 54.8 cm³/mol. The van der Waals surface area contributed by atoms with Gasteiger partial charge in [0.05, 0.1) is 5.54 Å². The summed E-state index contributed by atoms with van der Waals surface area (Å²) in [5.41, 5.74) is -0.158. The molecule has 0 saturated heterocycles. The van der Waals surface area contributed by atoms with E-state index in [0.717, 1.165) is 38.6 Å². The summed E-state index contributed by atoms with van der Waals surface area (Å²) in [6.07, 6.45) is 6.18. The molecule has 1 saturated carbocycles. The standard InChI is InChI=1S/C11H21NO/c1-3-9-12-11(4-2)8-6-5-7-10(11)13/h12H,3-9H2,1-2H3/t11-/m0/s1. The highest BCUT2D eigenvalue weighted by Crippen LogP contribution is 2.27. The van der Waals surface area contributed by atoms with Crippen LogP contribution in [0.2, 0.25) is 0 Å². The average molecular weight is 183 g/mol. The van der Waals surface area contributed by atoms with Gasteiger partial charge in [0.1, 0.15) is 0 Å². The Kier molecular flexibility index (Phi) is 3.91. The zero-order valence-corrected chi connectivity index (χ0v) is 8.86. The van der Waals surface area contributed by atoms with Gasteiger partial charge in [-0.05, 0) is 32.2 Å². The number of nitrogens with one attached hydrogen (secondary N) is 1. The van der Waals surface area contributed by atoms with Gasteiger partial charge in [-0.2, -0.15) is 0 Å². The lowest BCUT2D eigenvalue weighted by Crippen LogP contribution is -2.53. The Morgan fingerprint density at radius 2 is 2.15 bits per heavy atom. The molecule has 1 atom stereocenters. The first-order valence-corrected chi connectivity index (χ1v) is 5.53. The van der Waals surface area contributed by atoms with Crippen molar-refractivity contribution in [2.24, 2.45) is 0 Å². The Hall–Kier alpha value is -0.370. The maximum Gasteiger partial charge on any atom is 0.152 e. The fraction of sp³-hybridized carbons (Fsp3) is 0.909. The van der Waals surface area contributed by atoms with E-state index in [1.165, 1.54) is 6.42 Å². The first-order valence-electron chi connectivity index (χ1n) is 5.53. The zero-order valence-electron chi connectivity index (χ0n) is 8.86. The molecule has 2 nitrogen and oxygen atoms in total. The van der Waals surface area contributed by atoms with E-state index in [-0.39, 0.29) is 5.54 Å². The number of hydrogen-bond donors (Lipinski definition) is 1. The third-order valence-corrected chi connectivity index (χ3v) is 3.11. The van der Waals surface area contributed by atoms with Gasteiger partial charge in [0, 0.05) is 6.42 Å². The normalized spacial score (nSPS) is 29.2. The molecule has 0 aliphatic heterocycles. The van der Waals surface area contributed by atoms with Gasteiger partial charge in [0.25, 0.3) is 0 Å². The summed E-state index contributed by atoms with van der Waals surface area (Å²) in [5, 5.41) is 3.43. The minimum Gasteiger partial charge on any atom is -0.305 e. The maximum atomic E-state index is 11.8. The molecule has 0 aromatic heterocycles. The Labute approximate surface area is 81.1 Å². The summed E-state index contributed by atoms with van der Waals surface area (Å²) in [5.74, 6) is 0.440. The Bertz CT molecular complexity index is 179. The highest BCUT2D eigenvalue weighted by atomic mass is 16.1. The summed E-state index contributed by atoms with van der Waals surface area (Å²) in [6, 6.07) is 0. The lowest BCUT2D eigenvalue weighted by atomic mass is 9.78. The van der Waals surface area contributed by atoms with Crippen LogP contribution in [0.4, 0.5) is 0 Å².